The van der Waals surface area contributed by atoms with Gasteiger partial charge in [-0.15, -0.1) is 0 Å². The molecule has 0 aliphatic carbocycles. The van der Waals surface area contributed by atoms with Crippen molar-refractivity contribution < 1.29 is 4.79 Å². The minimum Gasteiger partial charge on any atom is -0.348 e. The third-order valence-electron chi connectivity index (χ3n) is 4.06. The molecule has 2 nitrogen and oxygen atoms in total. The van der Waals surface area contributed by atoms with E-state index >= 15 is 0 Å². The summed E-state index contributed by atoms with van der Waals surface area (Å²) >= 11 is 0. The predicted molar refractivity (Wildman–Crippen MR) is 88.6 cm³/mol. The normalized spacial score (nSPS) is 12.5. The maximum Gasteiger partial charge on any atom is 0.229 e. The fourth-order valence-corrected chi connectivity index (χ4v) is 3.03. The zero-order valence-corrected chi connectivity index (χ0v) is 12.6. The summed E-state index contributed by atoms with van der Waals surface area (Å²) < 4.78 is 0. The molecule has 0 bridgehead atoms. The number of benzene rings is 3. The van der Waals surface area contributed by atoms with Gasteiger partial charge in [0.15, 0.2) is 0 Å². The van der Waals surface area contributed by atoms with Gasteiger partial charge in [-0.3, -0.25) is 4.79 Å². The Balaban J connectivity index is 2.37. The maximum atomic E-state index is 12.5. The van der Waals surface area contributed by atoms with Crippen LogP contribution < -0.4 is 0 Å². The van der Waals surface area contributed by atoms with E-state index in [1.54, 1.807) is 4.90 Å². The Morgan fingerprint density at radius 3 is 1.86 bits per heavy atom. The number of rotatable bonds is 2. The largest absolute Gasteiger partial charge is 0.348 e. The molecule has 1 unspecified atom stereocenters. The summed E-state index contributed by atoms with van der Waals surface area (Å²) in [4.78, 5) is 14.1. The Bertz CT molecular complexity index is 766. The standard InChI is InChI=1S/C19H19NO/c1-13(19(21)20(2)3)18-16-10-6-4-8-14(16)12-15-9-5-7-11-17(15)18/h4-13H,1-3H3. The monoisotopic (exact) mass is 277 g/mol. The minimum absolute atomic E-state index is 0.136. The fourth-order valence-electron chi connectivity index (χ4n) is 3.03. The summed E-state index contributed by atoms with van der Waals surface area (Å²) in [6, 6.07) is 18.8. The fraction of sp³-hybridized carbons (Fsp3) is 0.211. The maximum absolute atomic E-state index is 12.5. The highest BCUT2D eigenvalue weighted by Gasteiger charge is 2.21. The lowest BCUT2D eigenvalue weighted by Crippen LogP contribution is -2.26. The second kappa shape index (κ2) is 5.21. The minimum atomic E-state index is -0.156. The van der Waals surface area contributed by atoms with E-state index in [4.69, 9.17) is 0 Å². The van der Waals surface area contributed by atoms with Crippen LogP contribution in [0, 0.1) is 0 Å². The van der Waals surface area contributed by atoms with Gasteiger partial charge < -0.3 is 4.90 Å². The molecule has 106 valence electrons. The molecule has 1 atom stereocenters. The van der Waals surface area contributed by atoms with Gasteiger partial charge in [0.2, 0.25) is 5.91 Å². The zero-order chi connectivity index (χ0) is 15.0. The van der Waals surface area contributed by atoms with Gasteiger partial charge in [-0.05, 0) is 40.1 Å². The van der Waals surface area contributed by atoms with Crippen LogP contribution >= 0.6 is 0 Å². The highest BCUT2D eigenvalue weighted by molar-refractivity contribution is 6.05. The van der Waals surface area contributed by atoms with Gasteiger partial charge in [-0.25, -0.2) is 0 Å². The quantitative estimate of drug-likeness (QED) is 0.643. The van der Waals surface area contributed by atoms with E-state index in [-0.39, 0.29) is 11.8 Å². The van der Waals surface area contributed by atoms with Crippen molar-refractivity contribution in [1.82, 2.24) is 4.90 Å². The zero-order valence-electron chi connectivity index (χ0n) is 12.6. The van der Waals surface area contributed by atoms with Crippen LogP contribution in [0.5, 0.6) is 0 Å². The molecular formula is C19H19NO. The molecule has 0 aliphatic rings. The molecule has 0 saturated carbocycles. The second-order valence-corrected chi connectivity index (χ2v) is 5.69. The summed E-state index contributed by atoms with van der Waals surface area (Å²) in [6.07, 6.45) is 0. The number of fused-ring (bicyclic) bond motifs is 2. The van der Waals surface area contributed by atoms with E-state index in [1.165, 1.54) is 21.5 Å². The molecule has 0 spiro atoms. The van der Waals surface area contributed by atoms with Crippen molar-refractivity contribution in [1.29, 1.82) is 0 Å². The number of hydrogen-bond donors (Lipinski definition) is 0. The number of amides is 1. The van der Waals surface area contributed by atoms with Crippen LogP contribution in [0.2, 0.25) is 0 Å². The number of carbonyl (C=O) groups excluding carboxylic acids is 1. The Morgan fingerprint density at radius 1 is 0.905 bits per heavy atom. The van der Waals surface area contributed by atoms with Crippen molar-refractivity contribution in [3.8, 4) is 0 Å². The van der Waals surface area contributed by atoms with E-state index in [9.17, 15) is 4.79 Å². The average Bonchev–Trinajstić information content (AvgIpc) is 2.51. The Morgan fingerprint density at radius 2 is 1.38 bits per heavy atom. The summed E-state index contributed by atoms with van der Waals surface area (Å²) in [5.74, 6) is -0.0208. The van der Waals surface area contributed by atoms with Gasteiger partial charge in [0, 0.05) is 14.1 Å². The lowest BCUT2D eigenvalue weighted by Gasteiger charge is -2.20. The van der Waals surface area contributed by atoms with Crippen LogP contribution in [0.1, 0.15) is 18.4 Å². The smallest absolute Gasteiger partial charge is 0.229 e. The van der Waals surface area contributed by atoms with Gasteiger partial charge in [0.25, 0.3) is 0 Å². The van der Waals surface area contributed by atoms with Crippen molar-refractivity contribution >= 4 is 27.5 Å². The number of nitrogens with zero attached hydrogens (tertiary/aromatic N) is 1. The van der Waals surface area contributed by atoms with Crippen LogP contribution in [0.15, 0.2) is 54.6 Å². The molecule has 21 heavy (non-hydrogen) atoms. The Labute approximate surface area is 125 Å². The van der Waals surface area contributed by atoms with Crippen LogP contribution in [0.25, 0.3) is 21.5 Å². The van der Waals surface area contributed by atoms with E-state index in [2.05, 4.69) is 30.3 Å². The second-order valence-electron chi connectivity index (χ2n) is 5.69. The molecule has 0 radical (unpaired) electrons. The first-order chi connectivity index (χ1) is 10.1. The van der Waals surface area contributed by atoms with Crippen molar-refractivity contribution in [2.24, 2.45) is 0 Å². The van der Waals surface area contributed by atoms with Gasteiger partial charge in [-0.1, -0.05) is 48.5 Å². The molecule has 3 aromatic rings. The van der Waals surface area contributed by atoms with Gasteiger partial charge in [0.05, 0.1) is 5.92 Å². The predicted octanol–water partition coefficient (Wildman–Crippen LogP) is 4.18. The van der Waals surface area contributed by atoms with Crippen LogP contribution in [0.3, 0.4) is 0 Å². The molecule has 0 heterocycles. The Kier molecular flexibility index (Phi) is 3.38. The number of hydrogen-bond acceptors (Lipinski definition) is 1. The number of carbonyl (C=O) groups is 1. The molecule has 1 amide bonds. The van der Waals surface area contributed by atoms with E-state index < -0.39 is 0 Å². The Hall–Kier alpha value is -2.35. The first-order valence-corrected chi connectivity index (χ1v) is 7.21. The SMILES string of the molecule is CC(C(=O)N(C)C)c1c2ccccc2cc2ccccc12. The van der Waals surface area contributed by atoms with Gasteiger partial charge in [-0.2, -0.15) is 0 Å². The summed E-state index contributed by atoms with van der Waals surface area (Å²) in [7, 11) is 3.62. The van der Waals surface area contributed by atoms with E-state index in [0.29, 0.717) is 0 Å². The third kappa shape index (κ3) is 2.27. The lowest BCUT2D eigenvalue weighted by molar-refractivity contribution is -0.129. The molecule has 0 aromatic heterocycles. The van der Waals surface area contributed by atoms with Crippen molar-refractivity contribution in [3.05, 3.63) is 60.2 Å². The number of likely N-dealkylation sites (N-methyl/N-ethyl adjacent to an activating group) is 1. The van der Waals surface area contributed by atoms with Gasteiger partial charge in [0.1, 0.15) is 0 Å². The average molecular weight is 277 g/mol. The van der Waals surface area contributed by atoms with Crippen LogP contribution in [-0.2, 0) is 4.79 Å². The molecule has 3 aromatic carbocycles. The lowest BCUT2D eigenvalue weighted by atomic mass is 9.88. The molecule has 2 heteroatoms. The first kappa shape index (κ1) is 13.6. The molecule has 0 aliphatic heterocycles. The van der Waals surface area contributed by atoms with E-state index in [0.717, 1.165) is 5.56 Å². The van der Waals surface area contributed by atoms with Crippen LogP contribution in [-0.4, -0.2) is 24.9 Å². The highest BCUT2D eigenvalue weighted by Crippen LogP contribution is 2.34. The first-order valence-electron chi connectivity index (χ1n) is 7.21. The van der Waals surface area contributed by atoms with Gasteiger partial charge >= 0.3 is 0 Å². The summed E-state index contributed by atoms with van der Waals surface area (Å²) in [6.45, 7) is 2.00. The topological polar surface area (TPSA) is 20.3 Å². The summed E-state index contributed by atoms with van der Waals surface area (Å²) in [5.41, 5.74) is 1.13. The van der Waals surface area contributed by atoms with E-state index in [1.807, 2.05) is 45.3 Å². The van der Waals surface area contributed by atoms with Crippen LogP contribution in [0.4, 0.5) is 0 Å². The molecule has 0 saturated heterocycles. The molecular weight excluding hydrogens is 258 g/mol. The van der Waals surface area contributed by atoms with Crippen molar-refractivity contribution in [2.45, 2.75) is 12.8 Å². The van der Waals surface area contributed by atoms with Crippen molar-refractivity contribution in [3.63, 3.8) is 0 Å². The molecule has 3 rings (SSSR count). The highest BCUT2D eigenvalue weighted by atomic mass is 16.2. The van der Waals surface area contributed by atoms with Crippen molar-refractivity contribution in [2.75, 3.05) is 14.1 Å². The summed E-state index contributed by atoms with van der Waals surface area (Å²) in [5, 5.41) is 4.70. The molecule has 0 fully saturated rings. The third-order valence-corrected chi connectivity index (χ3v) is 4.06. The molecule has 0 N–H and O–H groups in total.